The molecule has 7 heteroatoms. The Kier molecular flexibility index (Phi) is 4.49. The highest BCUT2D eigenvalue weighted by atomic mass is 79.9. The molecule has 0 aliphatic carbocycles. The Morgan fingerprint density at radius 3 is 2.50 bits per heavy atom. The minimum absolute atomic E-state index is 0.261. The van der Waals surface area contributed by atoms with E-state index in [0.717, 1.165) is 6.42 Å². The van der Waals surface area contributed by atoms with Gasteiger partial charge in [-0.3, -0.25) is 0 Å². The number of nitrogens with one attached hydrogen (secondary N) is 1. The second-order valence-corrected chi connectivity index (χ2v) is 5.12. The van der Waals surface area contributed by atoms with Crippen LogP contribution in [0, 0.1) is 11.6 Å². The number of hydrogen-bond acceptors (Lipinski definition) is 4. The van der Waals surface area contributed by atoms with Crippen molar-refractivity contribution in [1.29, 1.82) is 0 Å². The van der Waals surface area contributed by atoms with E-state index in [0.29, 0.717) is 28.1 Å². The zero-order valence-corrected chi connectivity index (χ0v) is 12.3. The van der Waals surface area contributed by atoms with Crippen molar-refractivity contribution in [3.05, 3.63) is 40.1 Å². The number of nitrogens with zero attached hydrogens (tertiary/aromatic N) is 2. The molecule has 0 amide bonds. The monoisotopic (exact) mass is 342 g/mol. The lowest BCUT2D eigenvalue weighted by Crippen LogP contribution is -2.07. The van der Waals surface area contributed by atoms with E-state index >= 15 is 0 Å². The van der Waals surface area contributed by atoms with Gasteiger partial charge in [-0.1, -0.05) is 29.3 Å². The molecular formula is C13H13BrF2N4. The van der Waals surface area contributed by atoms with Crippen LogP contribution in [-0.4, -0.2) is 9.97 Å². The Bertz CT molecular complexity index is 611. The summed E-state index contributed by atoms with van der Waals surface area (Å²) >= 11 is 3.03. The summed E-state index contributed by atoms with van der Waals surface area (Å²) in [5, 5.41) is 2.66. The maximum absolute atomic E-state index is 13.8. The fourth-order valence-corrected chi connectivity index (χ4v) is 2.21. The molecule has 1 aromatic carbocycles. The fourth-order valence-electron chi connectivity index (χ4n) is 1.81. The molecule has 0 spiro atoms. The Morgan fingerprint density at radius 1 is 1.25 bits per heavy atom. The second kappa shape index (κ2) is 6.13. The largest absolute Gasteiger partial charge is 0.383 e. The molecule has 3 N–H and O–H groups in total. The number of nitrogen functional groups attached to an aromatic ring is 1. The summed E-state index contributed by atoms with van der Waals surface area (Å²) in [4.78, 5) is 7.90. The maximum atomic E-state index is 13.8. The average molecular weight is 343 g/mol. The van der Waals surface area contributed by atoms with Crippen molar-refractivity contribution in [1.82, 2.24) is 9.97 Å². The van der Waals surface area contributed by atoms with Gasteiger partial charge in [0, 0.05) is 10.0 Å². The highest BCUT2D eigenvalue weighted by molar-refractivity contribution is 9.10. The van der Waals surface area contributed by atoms with Crippen LogP contribution in [0.1, 0.15) is 18.9 Å². The van der Waals surface area contributed by atoms with E-state index < -0.39 is 11.6 Å². The van der Waals surface area contributed by atoms with Gasteiger partial charge in [0.1, 0.15) is 23.7 Å². The Morgan fingerprint density at radius 2 is 1.90 bits per heavy atom. The summed E-state index contributed by atoms with van der Waals surface area (Å²) in [6.07, 6.45) is 2.69. The molecule has 1 aromatic heterocycles. The Balaban J connectivity index is 2.43. The van der Waals surface area contributed by atoms with Gasteiger partial charge in [0.15, 0.2) is 11.6 Å². The number of anilines is 3. The molecule has 0 saturated carbocycles. The van der Waals surface area contributed by atoms with Crippen molar-refractivity contribution in [3.63, 3.8) is 0 Å². The van der Waals surface area contributed by atoms with Crippen LogP contribution >= 0.6 is 15.9 Å². The SMILES string of the molecule is CCCc1c(N)ncnc1Nc1c(F)cc(Br)cc1F. The molecule has 20 heavy (non-hydrogen) atoms. The molecular weight excluding hydrogens is 330 g/mol. The third-order valence-corrected chi connectivity index (χ3v) is 3.19. The zero-order chi connectivity index (χ0) is 14.7. The predicted molar refractivity (Wildman–Crippen MR) is 77.8 cm³/mol. The van der Waals surface area contributed by atoms with Crippen molar-refractivity contribution in [2.45, 2.75) is 19.8 Å². The van der Waals surface area contributed by atoms with Crippen LogP contribution in [-0.2, 0) is 6.42 Å². The summed E-state index contributed by atoms with van der Waals surface area (Å²) in [6, 6.07) is 2.35. The average Bonchev–Trinajstić information content (AvgIpc) is 2.37. The molecule has 0 saturated heterocycles. The molecule has 0 aliphatic heterocycles. The van der Waals surface area contributed by atoms with Gasteiger partial charge in [0.25, 0.3) is 0 Å². The standard InChI is InChI=1S/C13H13BrF2N4/c1-2-3-8-12(17)18-6-19-13(8)20-11-9(15)4-7(14)5-10(11)16/h4-6H,2-3H2,1H3,(H3,17,18,19,20). The van der Waals surface area contributed by atoms with Crippen LogP contribution in [0.2, 0.25) is 0 Å². The summed E-state index contributed by atoms with van der Waals surface area (Å²) in [5.74, 6) is -0.797. The van der Waals surface area contributed by atoms with E-state index in [1.807, 2.05) is 6.92 Å². The summed E-state index contributed by atoms with van der Waals surface area (Å²) in [7, 11) is 0. The van der Waals surface area contributed by atoms with E-state index in [9.17, 15) is 8.78 Å². The van der Waals surface area contributed by atoms with Gasteiger partial charge < -0.3 is 11.1 Å². The minimum atomic E-state index is -0.712. The molecule has 0 aliphatic rings. The first kappa shape index (κ1) is 14.6. The van der Waals surface area contributed by atoms with Gasteiger partial charge >= 0.3 is 0 Å². The highest BCUT2D eigenvalue weighted by Gasteiger charge is 2.15. The van der Waals surface area contributed by atoms with E-state index in [2.05, 4.69) is 31.2 Å². The first-order chi connectivity index (χ1) is 9.52. The van der Waals surface area contributed by atoms with Gasteiger partial charge in [0.05, 0.1) is 0 Å². The molecule has 4 nitrogen and oxygen atoms in total. The molecule has 0 radical (unpaired) electrons. The topological polar surface area (TPSA) is 63.8 Å². The second-order valence-electron chi connectivity index (χ2n) is 4.21. The van der Waals surface area contributed by atoms with Crippen molar-refractivity contribution in [3.8, 4) is 0 Å². The minimum Gasteiger partial charge on any atom is -0.383 e. The zero-order valence-electron chi connectivity index (χ0n) is 10.8. The van der Waals surface area contributed by atoms with Crippen molar-refractivity contribution in [2.24, 2.45) is 0 Å². The van der Waals surface area contributed by atoms with Gasteiger partial charge in [-0.25, -0.2) is 18.7 Å². The predicted octanol–water partition coefficient (Wildman–Crippen LogP) is 3.80. The van der Waals surface area contributed by atoms with Gasteiger partial charge in [-0.2, -0.15) is 0 Å². The summed E-state index contributed by atoms with van der Waals surface area (Å²) in [5.41, 5.74) is 6.16. The van der Waals surface area contributed by atoms with Crippen LogP contribution in [0.15, 0.2) is 22.9 Å². The molecule has 0 unspecified atom stereocenters. The van der Waals surface area contributed by atoms with Gasteiger partial charge in [0.2, 0.25) is 0 Å². The Labute approximate surface area is 123 Å². The lowest BCUT2D eigenvalue weighted by Gasteiger charge is -2.13. The molecule has 2 aromatic rings. The number of rotatable bonds is 4. The molecule has 0 bridgehead atoms. The van der Waals surface area contributed by atoms with Gasteiger partial charge in [-0.05, 0) is 18.6 Å². The van der Waals surface area contributed by atoms with E-state index in [-0.39, 0.29) is 5.69 Å². The molecule has 0 fully saturated rings. The summed E-state index contributed by atoms with van der Waals surface area (Å²) < 4.78 is 27.9. The number of aromatic nitrogens is 2. The van der Waals surface area contributed by atoms with Crippen LogP contribution in [0.4, 0.5) is 26.1 Å². The number of hydrogen-bond donors (Lipinski definition) is 2. The fraction of sp³-hybridized carbons (Fsp3) is 0.231. The number of benzene rings is 1. The first-order valence-electron chi connectivity index (χ1n) is 6.03. The van der Waals surface area contributed by atoms with E-state index in [1.54, 1.807) is 0 Å². The van der Waals surface area contributed by atoms with Crippen LogP contribution < -0.4 is 11.1 Å². The maximum Gasteiger partial charge on any atom is 0.150 e. The quantitative estimate of drug-likeness (QED) is 0.887. The van der Waals surface area contributed by atoms with Crippen molar-refractivity contribution in [2.75, 3.05) is 11.1 Å². The van der Waals surface area contributed by atoms with Crippen molar-refractivity contribution >= 4 is 33.3 Å². The summed E-state index contributed by atoms with van der Waals surface area (Å²) in [6.45, 7) is 1.97. The Hall–Kier alpha value is -1.76. The lowest BCUT2D eigenvalue weighted by atomic mass is 10.1. The van der Waals surface area contributed by atoms with Crippen LogP contribution in [0.25, 0.3) is 0 Å². The third kappa shape index (κ3) is 3.04. The molecule has 0 atom stereocenters. The van der Waals surface area contributed by atoms with Crippen LogP contribution in [0.5, 0.6) is 0 Å². The smallest absolute Gasteiger partial charge is 0.150 e. The number of nitrogens with two attached hydrogens (primary N) is 1. The molecule has 1 heterocycles. The third-order valence-electron chi connectivity index (χ3n) is 2.73. The van der Waals surface area contributed by atoms with Gasteiger partial charge in [-0.15, -0.1) is 0 Å². The van der Waals surface area contributed by atoms with E-state index in [4.69, 9.17) is 5.73 Å². The number of halogens is 3. The normalized spacial score (nSPS) is 10.6. The van der Waals surface area contributed by atoms with E-state index in [1.165, 1.54) is 18.5 Å². The highest BCUT2D eigenvalue weighted by Crippen LogP contribution is 2.28. The van der Waals surface area contributed by atoms with Crippen molar-refractivity contribution < 1.29 is 8.78 Å². The lowest BCUT2D eigenvalue weighted by molar-refractivity contribution is 0.589. The molecule has 2 rings (SSSR count). The molecule has 106 valence electrons. The van der Waals surface area contributed by atoms with Crippen LogP contribution in [0.3, 0.4) is 0 Å². The first-order valence-corrected chi connectivity index (χ1v) is 6.83.